The zero-order valence-electron chi connectivity index (χ0n) is 20.0. The molecule has 1 aliphatic heterocycles. The predicted octanol–water partition coefficient (Wildman–Crippen LogP) is 3.82. The van der Waals surface area contributed by atoms with Crippen LogP contribution in [0.3, 0.4) is 0 Å². The third-order valence-corrected chi connectivity index (χ3v) is 8.51. The van der Waals surface area contributed by atoms with E-state index in [2.05, 4.69) is 5.32 Å². The summed E-state index contributed by atoms with van der Waals surface area (Å²) in [7, 11) is -3.70. The number of amides is 2. The zero-order valence-corrected chi connectivity index (χ0v) is 20.8. The number of nitrogens with zero attached hydrogens (tertiary/aromatic N) is 2. The Labute approximate surface area is 205 Å². The van der Waals surface area contributed by atoms with Crippen LogP contribution >= 0.6 is 0 Å². The Morgan fingerprint density at radius 1 is 1.06 bits per heavy atom. The number of hydrogen-bond acceptors (Lipinski definition) is 5. The van der Waals surface area contributed by atoms with Gasteiger partial charge in [-0.05, 0) is 47.9 Å². The van der Waals surface area contributed by atoms with Gasteiger partial charge in [0.15, 0.2) is 5.76 Å². The Balaban J connectivity index is 1.64. The summed E-state index contributed by atoms with van der Waals surface area (Å²) in [4.78, 5) is 28.3. The van der Waals surface area contributed by atoms with Gasteiger partial charge >= 0.3 is 0 Å². The molecule has 0 bridgehead atoms. The number of anilines is 1. The Morgan fingerprint density at radius 2 is 1.77 bits per heavy atom. The monoisotopic (exact) mass is 495 g/mol. The average molecular weight is 496 g/mol. The molecule has 35 heavy (non-hydrogen) atoms. The highest BCUT2D eigenvalue weighted by molar-refractivity contribution is 7.89. The van der Waals surface area contributed by atoms with E-state index < -0.39 is 22.0 Å². The summed E-state index contributed by atoms with van der Waals surface area (Å²) >= 11 is 0. The molecule has 1 aliphatic rings. The predicted molar refractivity (Wildman–Crippen MR) is 132 cm³/mol. The highest BCUT2D eigenvalue weighted by Crippen LogP contribution is 2.28. The molecule has 1 atom stereocenters. The van der Waals surface area contributed by atoms with Crippen molar-refractivity contribution >= 4 is 27.5 Å². The number of benzene rings is 2. The first-order chi connectivity index (χ1) is 16.8. The van der Waals surface area contributed by atoms with Gasteiger partial charge in [0.05, 0.1) is 11.2 Å². The van der Waals surface area contributed by atoms with Gasteiger partial charge in [0.25, 0.3) is 5.91 Å². The van der Waals surface area contributed by atoms with Gasteiger partial charge in [-0.25, -0.2) is 8.42 Å². The maximum Gasteiger partial charge on any atom is 0.290 e. The van der Waals surface area contributed by atoms with Crippen LogP contribution in [-0.4, -0.2) is 48.6 Å². The fourth-order valence-electron chi connectivity index (χ4n) is 4.40. The van der Waals surface area contributed by atoms with Gasteiger partial charge in [-0.2, -0.15) is 4.31 Å². The molecule has 1 aromatic heterocycles. The van der Waals surface area contributed by atoms with Crippen LogP contribution in [0, 0.1) is 6.92 Å². The molecule has 9 heteroatoms. The topological polar surface area (TPSA) is 99.9 Å². The fraction of sp³-hybridized carbons (Fsp3) is 0.308. The molecular weight excluding hydrogens is 466 g/mol. The number of nitrogens with one attached hydrogen (secondary N) is 1. The Hall–Kier alpha value is -3.43. The smallest absolute Gasteiger partial charge is 0.290 e. The van der Waals surface area contributed by atoms with Crippen LogP contribution in [0.15, 0.2) is 70.2 Å². The third-order valence-electron chi connectivity index (χ3n) is 6.32. The Bertz CT molecular complexity index is 1330. The first-order valence-corrected chi connectivity index (χ1v) is 13.0. The minimum atomic E-state index is -3.70. The van der Waals surface area contributed by atoms with Gasteiger partial charge in [0.1, 0.15) is 6.04 Å². The molecule has 0 spiro atoms. The minimum absolute atomic E-state index is 0.150. The lowest BCUT2D eigenvalue weighted by Gasteiger charge is -2.35. The van der Waals surface area contributed by atoms with E-state index in [4.69, 9.17) is 4.42 Å². The maximum absolute atomic E-state index is 13.5. The third kappa shape index (κ3) is 4.87. The molecule has 0 fully saturated rings. The lowest BCUT2D eigenvalue weighted by atomic mass is 9.93. The molecule has 2 amide bonds. The van der Waals surface area contributed by atoms with E-state index >= 15 is 0 Å². The highest BCUT2D eigenvalue weighted by atomic mass is 32.2. The van der Waals surface area contributed by atoms with Crippen molar-refractivity contribution in [1.82, 2.24) is 9.21 Å². The number of aryl methyl sites for hydroxylation is 1. The van der Waals surface area contributed by atoms with E-state index in [9.17, 15) is 18.0 Å². The van der Waals surface area contributed by atoms with Crippen molar-refractivity contribution in [3.05, 3.63) is 83.3 Å². The summed E-state index contributed by atoms with van der Waals surface area (Å²) in [5.74, 6) is -0.613. The van der Waals surface area contributed by atoms with Crippen LogP contribution in [0.5, 0.6) is 0 Å². The van der Waals surface area contributed by atoms with E-state index in [0.29, 0.717) is 30.8 Å². The number of carbonyl (C=O) groups excluding carboxylic acids is 2. The van der Waals surface area contributed by atoms with E-state index in [-0.39, 0.29) is 23.1 Å². The zero-order chi connectivity index (χ0) is 25.2. The fourth-order valence-corrected chi connectivity index (χ4v) is 6.11. The Kier molecular flexibility index (Phi) is 7.09. The lowest BCUT2D eigenvalue weighted by Crippen LogP contribution is -2.50. The van der Waals surface area contributed by atoms with Gasteiger partial charge < -0.3 is 14.6 Å². The van der Waals surface area contributed by atoms with Gasteiger partial charge in [0.2, 0.25) is 15.9 Å². The number of sulfonamides is 1. The number of fused-ring (bicyclic) bond motifs is 1. The second-order valence-corrected chi connectivity index (χ2v) is 10.4. The molecule has 1 N–H and O–H groups in total. The molecule has 2 aromatic carbocycles. The molecule has 0 unspecified atom stereocenters. The largest absolute Gasteiger partial charge is 0.459 e. The van der Waals surface area contributed by atoms with Gasteiger partial charge in [0, 0.05) is 31.7 Å². The SMILES string of the molecule is CCN(CC)S(=O)(=O)c1cc(NC(=O)[C@H]2Cc3ccccc3CN2C(=O)c2ccco2)ccc1C. The second-order valence-electron chi connectivity index (χ2n) is 8.46. The summed E-state index contributed by atoms with van der Waals surface area (Å²) in [6, 6.07) is 14.9. The van der Waals surface area contributed by atoms with Crippen molar-refractivity contribution in [3.63, 3.8) is 0 Å². The normalized spacial score (nSPS) is 15.7. The average Bonchev–Trinajstić information content (AvgIpc) is 3.39. The van der Waals surface area contributed by atoms with E-state index in [1.165, 1.54) is 21.5 Å². The van der Waals surface area contributed by atoms with Crippen LogP contribution in [0.1, 0.15) is 41.1 Å². The van der Waals surface area contributed by atoms with Crippen LogP contribution in [0.4, 0.5) is 5.69 Å². The van der Waals surface area contributed by atoms with Gasteiger partial charge in [-0.3, -0.25) is 9.59 Å². The summed E-state index contributed by atoms with van der Waals surface area (Å²) < 4.78 is 32.9. The molecule has 3 aromatic rings. The van der Waals surface area contributed by atoms with Crippen molar-refractivity contribution in [2.75, 3.05) is 18.4 Å². The molecule has 8 nitrogen and oxygen atoms in total. The number of rotatable bonds is 7. The molecule has 2 heterocycles. The minimum Gasteiger partial charge on any atom is -0.459 e. The van der Waals surface area contributed by atoms with Crippen molar-refractivity contribution in [3.8, 4) is 0 Å². The summed E-state index contributed by atoms with van der Waals surface area (Å²) in [5.41, 5.74) is 2.91. The number of hydrogen-bond donors (Lipinski definition) is 1. The van der Waals surface area contributed by atoms with Crippen molar-refractivity contribution in [1.29, 1.82) is 0 Å². The molecule has 0 radical (unpaired) electrons. The van der Waals surface area contributed by atoms with E-state index in [1.807, 2.05) is 24.3 Å². The molecule has 4 rings (SSSR count). The van der Waals surface area contributed by atoms with Crippen LogP contribution in [0.2, 0.25) is 0 Å². The lowest BCUT2D eigenvalue weighted by molar-refractivity contribution is -0.121. The molecule has 0 saturated heterocycles. The van der Waals surface area contributed by atoms with Crippen LogP contribution < -0.4 is 5.32 Å². The first kappa shape index (κ1) is 24.7. The Morgan fingerprint density at radius 3 is 2.43 bits per heavy atom. The molecule has 0 saturated carbocycles. The van der Waals surface area contributed by atoms with E-state index in [0.717, 1.165) is 11.1 Å². The van der Waals surface area contributed by atoms with E-state index in [1.54, 1.807) is 45.0 Å². The van der Waals surface area contributed by atoms with Gasteiger partial charge in [-0.15, -0.1) is 0 Å². The number of furan rings is 1. The standard InChI is InChI=1S/C26H29N3O5S/c1-4-28(5-2)35(32,33)24-16-21(13-12-18(24)3)27-25(30)22-15-19-9-6-7-10-20(19)17-29(22)26(31)23-11-8-14-34-23/h6-14,16,22H,4-5,15,17H2,1-3H3,(H,27,30)/t22-/m1/s1. The molecule has 0 aliphatic carbocycles. The summed E-state index contributed by atoms with van der Waals surface area (Å²) in [6.07, 6.45) is 1.76. The second kappa shape index (κ2) is 10.1. The molecular formula is C26H29N3O5S. The summed E-state index contributed by atoms with van der Waals surface area (Å²) in [6.45, 7) is 6.26. The maximum atomic E-state index is 13.5. The first-order valence-electron chi connectivity index (χ1n) is 11.6. The quantitative estimate of drug-likeness (QED) is 0.537. The highest BCUT2D eigenvalue weighted by Gasteiger charge is 2.36. The summed E-state index contributed by atoms with van der Waals surface area (Å²) in [5, 5.41) is 2.84. The number of carbonyl (C=O) groups is 2. The van der Waals surface area contributed by atoms with Crippen LogP contribution in [0.25, 0.3) is 0 Å². The molecule has 184 valence electrons. The van der Waals surface area contributed by atoms with Crippen molar-refractivity contribution < 1.29 is 22.4 Å². The van der Waals surface area contributed by atoms with Crippen molar-refractivity contribution in [2.45, 2.75) is 44.7 Å². The van der Waals surface area contributed by atoms with Crippen molar-refractivity contribution in [2.24, 2.45) is 0 Å². The van der Waals surface area contributed by atoms with Gasteiger partial charge in [-0.1, -0.05) is 44.2 Å². The van der Waals surface area contributed by atoms with Crippen LogP contribution in [-0.2, 0) is 27.8 Å².